The van der Waals surface area contributed by atoms with Crippen LogP contribution in [0.25, 0.3) is 0 Å². The van der Waals surface area contributed by atoms with E-state index in [0.717, 1.165) is 18.8 Å². The maximum absolute atomic E-state index is 10.4. The summed E-state index contributed by atoms with van der Waals surface area (Å²) in [7, 11) is 0. The van der Waals surface area contributed by atoms with Crippen LogP contribution in [0.15, 0.2) is 24.3 Å². The van der Waals surface area contributed by atoms with E-state index in [2.05, 4.69) is 65.8 Å². The topological polar surface area (TPSA) is 38.7 Å². The lowest BCUT2D eigenvalue weighted by Gasteiger charge is -2.69. The molecule has 4 fully saturated rings. The minimum Gasteiger partial charge on any atom is -0.393 e. The van der Waals surface area contributed by atoms with Crippen LogP contribution in [0, 0.1) is 52.8 Å². The van der Waals surface area contributed by atoms with Crippen molar-refractivity contribution in [3.8, 4) is 0 Å². The Morgan fingerprint density at radius 2 is 1.81 bits per heavy atom. The molecule has 2 bridgehead atoms. The molecule has 174 valence electrons. The molecular weight excluding hydrogens is 384 g/mol. The van der Waals surface area contributed by atoms with Crippen LogP contribution in [0.5, 0.6) is 0 Å². The van der Waals surface area contributed by atoms with Gasteiger partial charge in [-0.15, -0.1) is 0 Å². The van der Waals surface area contributed by atoms with E-state index >= 15 is 0 Å². The van der Waals surface area contributed by atoms with E-state index in [9.17, 15) is 5.11 Å². The third-order valence-corrected chi connectivity index (χ3v) is 10.8. The molecule has 1 saturated heterocycles. The van der Waals surface area contributed by atoms with Gasteiger partial charge in [0.25, 0.3) is 0 Å². The Kier molecular flexibility index (Phi) is 5.32. The van der Waals surface area contributed by atoms with E-state index in [1.807, 2.05) is 0 Å². The van der Waals surface area contributed by atoms with E-state index < -0.39 is 5.60 Å². The molecule has 6 aliphatic rings. The van der Waals surface area contributed by atoms with E-state index in [4.69, 9.17) is 9.78 Å². The molecule has 1 N–H and O–H groups in total. The largest absolute Gasteiger partial charge is 0.393 e. The monoisotopic (exact) mass is 428 g/mol. The molecule has 4 unspecified atom stereocenters. The summed E-state index contributed by atoms with van der Waals surface area (Å²) in [6, 6.07) is 0. The van der Waals surface area contributed by atoms with Crippen molar-refractivity contribution in [1.82, 2.24) is 0 Å². The molecule has 4 aliphatic carbocycles. The average Bonchev–Trinajstić information content (AvgIpc) is 3.20. The van der Waals surface area contributed by atoms with Gasteiger partial charge in [-0.1, -0.05) is 59.8 Å². The van der Waals surface area contributed by atoms with Crippen molar-refractivity contribution in [1.29, 1.82) is 0 Å². The molecule has 3 saturated carbocycles. The number of aliphatic hydroxyl groups is 1. The van der Waals surface area contributed by atoms with Gasteiger partial charge >= 0.3 is 0 Å². The van der Waals surface area contributed by atoms with Gasteiger partial charge < -0.3 is 5.11 Å². The zero-order valence-corrected chi connectivity index (χ0v) is 20.5. The molecule has 31 heavy (non-hydrogen) atoms. The van der Waals surface area contributed by atoms with Gasteiger partial charge in [-0.05, 0) is 79.6 Å². The molecule has 0 aromatic rings. The molecule has 2 aliphatic heterocycles. The van der Waals surface area contributed by atoms with Crippen molar-refractivity contribution < 1.29 is 14.9 Å². The van der Waals surface area contributed by atoms with Crippen molar-refractivity contribution >= 4 is 0 Å². The summed E-state index contributed by atoms with van der Waals surface area (Å²) in [5.74, 6) is 5.13. The molecule has 0 aromatic carbocycles. The Morgan fingerprint density at radius 1 is 1.03 bits per heavy atom. The summed E-state index contributed by atoms with van der Waals surface area (Å²) in [6.07, 6.45) is 15.8. The summed E-state index contributed by atoms with van der Waals surface area (Å²) in [4.78, 5) is 12.7. The molecule has 3 nitrogen and oxygen atoms in total. The van der Waals surface area contributed by atoms with Crippen LogP contribution in [-0.2, 0) is 9.78 Å². The zero-order chi connectivity index (χ0) is 22.2. The van der Waals surface area contributed by atoms with Crippen LogP contribution in [0.1, 0.15) is 80.1 Å². The van der Waals surface area contributed by atoms with Crippen LogP contribution in [0.4, 0.5) is 0 Å². The number of hydrogen-bond acceptors (Lipinski definition) is 3. The molecule has 3 heteroatoms. The second-order valence-electron chi connectivity index (χ2n) is 12.6. The number of rotatable bonds is 4. The Morgan fingerprint density at radius 3 is 2.48 bits per heavy atom. The predicted molar refractivity (Wildman–Crippen MR) is 124 cm³/mol. The van der Waals surface area contributed by atoms with E-state index in [0.29, 0.717) is 47.8 Å². The Balaban J connectivity index is 1.44. The predicted octanol–water partition coefficient (Wildman–Crippen LogP) is 6.33. The molecule has 11 atom stereocenters. The first-order valence-electron chi connectivity index (χ1n) is 13.1. The van der Waals surface area contributed by atoms with Gasteiger partial charge in [-0.3, -0.25) is 0 Å². The standard InChI is InChI=1S/C28H44O3/c1-17(2)18(3)7-8-19(4)22-9-10-23-25(22)20(5)15-24-26(6)12-11-21(29)16-27(26)13-14-28(23,24)31-30-27/h7-8,13-14,17-25,29H,9-12,15-16H2,1-6H3/b8-7+/t18-,19+,20?,21-,22+,23?,24?,25?,26+,27+,28-/m0/s1. The van der Waals surface area contributed by atoms with Crippen molar-refractivity contribution in [2.45, 2.75) is 97.4 Å². The van der Waals surface area contributed by atoms with Crippen molar-refractivity contribution in [2.24, 2.45) is 52.8 Å². The highest BCUT2D eigenvalue weighted by atomic mass is 17.2. The first kappa shape index (κ1) is 22.2. The summed E-state index contributed by atoms with van der Waals surface area (Å²) in [5, 5.41) is 10.4. The lowest BCUT2D eigenvalue weighted by Crippen LogP contribution is -2.73. The highest BCUT2D eigenvalue weighted by Crippen LogP contribution is 2.70. The van der Waals surface area contributed by atoms with Crippen molar-refractivity contribution in [3.05, 3.63) is 24.3 Å². The van der Waals surface area contributed by atoms with Crippen LogP contribution in [-0.4, -0.2) is 22.4 Å². The third-order valence-electron chi connectivity index (χ3n) is 10.8. The smallest absolute Gasteiger partial charge is 0.130 e. The highest BCUT2D eigenvalue weighted by molar-refractivity contribution is 5.32. The second-order valence-corrected chi connectivity index (χ2v) is 12.6. The minimum atomic E-state index is -0.440. The van der Waals surface area contributed by atoms with Gasteiger partial charge in [-0.25, -0.2) is 9.78 Å². The van der Waals surface area contributed by atoms with E-state index in [1.165, 1.54) is 19.3 Å². The van der Waals surface area contributed by atoms with Gasteiger partial charge in [0.2, 0.25) is 0 Å². The fraction of sp³-hybridized carbons (Fsp3) is 0.857. The minimum absolute atomic E-state index is 0.0642. The number of aliphatic hydroxyl groups excluding tert-OH is 1. The number of allylic oxidation sites excluding steroid dienone is 2. The van der Waals surface area contributed by atoms with E-state index in [-0.39, 0.29) is 17.1 Å². The first-order chi connectivity index (χ1) is 14.6. The summed E-state index contributed by atoms with van der Waals surface area (Å²) in [5.41, 5.74) is -0.640. The SMILES string of the molecule is CC1CC2[C@]3(C=C[C@]4(C[C@@H](O)CC[C@]24C)OO3)C2CC[C@H]([C@H](C)/C=C/[C@H](C)C(C)C)C12. The second kappa shape index (κ2) is 7.43. The summed E-state index contributed by atoms with van der Waals surface area (Å²) in [6.45, 7) is 14.4. The van der Waals surface area contributed by atoms with Gasteiger partial charge in [0.1, 0.15) is 11.2 Å². The molecular formula is C28H44O3. The number of fused-ring (bicyclic) bond motifs is 2. The fourth-order valence-electron chi connectivity index (χ4n) is 8.51. The maximum atomic E-state index is 10.4. The van der Waals surface area contributed by atoms with Crippen LogP contribution < -0.4 is 0 Å². The van der Waals surface area contributed by atoms with Crippen molar-refractivity contribution in [3.63, 3.8) is 0 Å². The van der Waals surface area contributed by atoms with Gasteiger partial charge in [0.15, 0.2) is 0 Å². The Hall–Kier alpha value is -0.640. The summed E-state index contributed by atoms with van der Waals surface area (Å²) >= 11 is 0. The normalized spacial score (nSPS) is 52.8. The van der Waals surface area contributed by atoms with Crippen LogP contribution in [0.2, 0.25) is 0 Å². The van der Waals surface area contributed by atoms with E-state index in [1.54, 1.807) is 0 Å². The Bertz CT molecular complexity index is 757. The maximum Gasteiger partial charge on any atom is 0.130 e. The lowest BCUT2D eigenvalue weighted by molar-refractivity contribution is -0.496. The number of hydrogen-bond donors (Lipinski definition) is 1. The summed E-state index contributed by atoms with van der Waals surface area (Å²) < 4.78 is 0. The van der Waals surface area contributed by atoms with Crippen LogP contribution in [0.3, 0.4) is 0 Å². The molecule has 2 spiro atoms. The highest BCUT2D eigenvalue weighted by Gasteiger charge is 2.73. The first-order valence-corrected chi connectivity index (χ1v) is 13.1. The van der Waals surface area contributed by atoms with Crippen molar-refractivity contribution in [2.75, 3.05) is 0 Å². The van der Waals surface area contributed by atoms with Gasteiger partial charge in [0, 0.05) is 17.8 Å². The molecule has 0 radical (unpaired) electrons. The fourth-order valence-corrected chi connectivity index (χ4v) is 8.51. The average molecular weight is 429 g/mol. The molecule has 0 amide bonds. The molecule has 6 rings (SSSR count). The Labute approximate surface area is 189 Å². The van der Waals surface area contributed by atoms with Gasteiger partial charge in [0.05, 0.1) is 6.10 Å². The van der Waals surface area contributed by atoms with Gasteiger partial charge in [-0.2, -0.15) is 0 Å². The van der Waals surface area contributed by atoms with Crippen LogP contribution >= 0.6 is 0 Å². The zero-order valence-electron chi connectivity index (χ0n) is 20.5. The molecule has 2 heterocycles. The third kappa shape index (κ3) is 3.02. The lowest BCUT2D eigenvalue weighted by atomic mass is 9.43. The quantitative estimate of drug-likeness (QED) is 0.420. The molecule has 0 aromatic heterocycles.